The van der Waals surface area contributed by atoms with Gasteiger partial charge in [0.15, 0.2) is 0 Å². The number of nitrogens with zero attached hydrogens (tertiary/aromatic N) is 1. The average Bonchev–Trinajstić information content (AvgIpc) is 2.30. The number of rotatable bonds is 2. The number of hydrogen-bond donors (Lipinski definition) is 0. The quantitative estimate of drug-likeness (QED) is 0.751. The molecule has 18 heavy (non-hydrogen) atoms. The Hall–Kier alpha value is -1.45. The van der Waals surface area contributed by atoms with Crippen LogP contribution in [0, 0.1) is 11.6 Å². The highest BCUT2D eigenvalue weighted by atomic mass is 19.1. The number of halogens is 2. The van der Waals surface area contributed by atoms with E-state index in [0.29, 0.717) is 19.4 Å². The van der Waals surface area contributed by atoms with E-state index in [9.17, 15) is 13.6 Å². The smallest absolute Gasteiger partial charge is 0.150 e. The van der Waals surface area contributed by atoms with Crippen molar-refractivity contribution < 1.29 is 13.6 Å². The molecule has 1 aliphatic rings. The van der Waals surface area contributed by atoms with E-state index in [0.717, 1.165) is 37.8 Å². The minimum atomic E-state index is -0.641. The van der Waals surface area contributed by atoms with E-state index in [1.54, 1.807) is 4.90 Å². The summed E-state index contributed by atoms with van der Waals surface area (Å²) in [7, 11) is 0. The average molecular weight is 253 g/mol. The monoisotopic (exact) mass is 253 g/mol. The van der Waals surface area contributed by atoms with E-state index in [1.807, 2.05) is 0 Å². The lowest BCUT2D eigenvalue weighted by atomic mass is 10.1. The summed E-state index contributed by atoms with van der Waals surface area (Å²) < 4.78 is 27.8. The highest BCUT2D eigenvalue weighted by Gasteiger charge is 2.18. The molecule has 98 valence electrons. The summed E-state index contributed by atoms with van der Waals surface area (Å²) in [6.07, 6.45) is 5.77. The van der Waals surface area contributed by atoms with Gasteiger partial charge in [-0.25, -0.2) is 8.78 Å². The van der Waals surface area contributed by atoms with E-state index in [4.69, 9.17) is 0 Å². The summed E-state index contributed by atoms with van der Waals surface area (Å²) in [5, 5.41) is 0. The maximum atomic E-state index is 13.9. The second kappa shape index (κ2) is 5.94. The molecule has 0 bridgehead atoms. The molecule has 1 heterocycles. The van der Waals surface area contributed by atoms with Gasteiger partial charge in [0, 0.05) is 18.7 Å². The molecule has 1 aliphatic heterocycles. The summed E-state index contributed by atoms with van der Waals surface area (Å²) in [6.45, 7) is 1.35. The molecule has 4 heteroatoms. The molecule has 1 aromatic rings. The van der Waals surface area contributed by atoms with Crippen LogP contribution in [0.15, 0.2) is 12.1 Å². The summed E-state index contributed by atoms with van der Waals surface area (Å²) >= 11 is 0. The molecule has 0 aromatic heterocycles. The van der Waals surface area contributed by atoms with E-state index in [1.165, 1.54) is 6.42 Å². The van der Waals surface area contributed by atoms with E-state index in [-0.39, 0.29) is 11.3 Å². The molecule has 1 saturated heterocycles. The Morgan fingerprint density at radius 2 is 1.44 bits per heavy atom. The van der Waals surface area contributed by atoms with Gasteiger partial charge in [0.2, 0.25) is 0 Å². The van der Waals surface area contributed by atoms with Gasteiger partial charge in [-0.3, -0.25) is 4.79 Å². The Balaban J connectivity index is 2.27. The summed E-state index contributed by atoms with van der Waals surface area (Å²) in [5.74, 6) is -1.28. The molecule has 0 atom stereocenters. The third-order valence-corrected chi connectivity index (χ3v) is 3.35. The number of hydrogen-bond acceptors (Lipinski definition) is 2. The second-order valence-electron chi connectivity index (χ2n) is 4.71. The molecule has 0 saturated carbocycles. The predicted octanol–water partition coefficient (Wildman–Crippen LogP) is 3.55. The van der Waals surface area contributed by atoms with Gasteiger partial charge in [-0.1, -0.05) is 19.3 Å². The maximum absolute atomic E-state index is 13.9. The lowest BCUT2D eigenvalue weighted by molar-refractivity contribution is 0.112. The predicted molar refractivity (Wildman–Crippen MR) is 67.0 cm³/mol. The van der Waals surface area contributed by atoms with Gasteiger partial charge >= 0.3 is 0 Å². The fourth-order valence-electron chi connectivity index (χ4n) is 2.43. The van der Waals surface area contributed by atoms with Gasteiger partial charge in [0.1, 0.15) is 23.6 Å². The minimum absolute atomic E-state index is 0.0162. The topological polar surface area (TPSA) is 20.3 Å². The Morgan fingerprint density at radius 1 is 0.944 bits per heavy atom. The Morgan fingerprint density at radius 3 is 1.94 bits per heavy atom. The zero-order chi connectivity index (χ0) is 13.0. The standard InChI is InChI=1S/C14H17F2NO/c15-12-8-11(10-18)9-13(16)14(12)17-6-4-2-1-3-5-7-17/h8-10H,1-7H2. The molecule has 2 rings (SSSR count). The van der Waals surface area contributed by atoms with E-state index < -0.39 is 11.6 Å². The van der Waals surface area contributed by atoms with Gasteiger partial charge in [-0.2, -0.15) is 0 Å². The summed E-state index contributed by atoms with van der Waals surface area (Å²) in [4.78, 5) is 12.3. The number of carbonyl (C=O) groups excluding carboxylic acids is 1. The van der Waals surface area contributed by atoms with Crippen molar-refractivity contribution in [3.05, 3.63) is 29.3 Å². The SMILES string of the molecule is O=Cc1cc(F)c(N2CCCCCCC2)c(F)c1. The van der Waals surface area contributed by atoms with Crippen LogP contribution in [-0.2, 0) is 0 Å². The van der Waals surface area contributed by atoms with Gasteiger partial charge in [0.05, 0.1) is 0 Å². The van der Waals surface area contributed by atoms with E-state index in [2.05, 4.69) is 0 Å². The van der Waals surface area contributed by atoms with Gasteiger partial charge < -0.3 is 4.90 Å². The van der Waals surface area contributed by atoms with Crippen molar-refractivity contribution in [1.82, 2.24) is 0 Å². The zero-order valence-electron chi connectivity index (χ0n) is 10.3. The Bertz CT molecular complexity index is 403. The van der Waals surface area contributed by atoms with Gasteiger partial charge in [-0.15, -0.1) is 0 Å². The molecule has 2 nitrogen and oxygen atoms in total. The highest BCUT2D eigenvalue weighted by molar-refractivity contribution is 5.76. The zero-order valence-corrected chi connectivity index (χ0v) is 10.3. The first-order valence-corrected chi connectivity index (χ1v) is 6.41. The number of carbonyl (C=O) groups is 1. The van der Waals surface area contributed by atoms with Crippen LogP contribution in [0.25, 0.3) is 0 Å². The van der Waals surface area contributed by atoms with Crippen LogP contribution in [0.3, 0.4) is 0 Å². The molecule has 0 unspecified atom stereocenters. The van der Waals surface area contributed by atoms with Crippen molar-refractivity contribution in [3.63, 3.8) is 0 Å². The number of aldehydes is 1. The fraction of sp³-hybridized carbons (Fsp3) is 0.500. The van der Waals surface area contributed by atoms with Crippen LogP contribution in [0.2, 0.25) is 0 Å². The van der Waals surface area contributed by atoms with Gasteiger partial charge in [0.25, 0.3) is 0 Å². The lowest BCUT2D eigenvalue weighted by Crippen LogP contribution is -2.28. The second-order valence-corrected chi connectivity index (χ2v) is 4.71. The first-order valence-electron chi connectivity index (χ1n) is 6.41. The van der Waals surface area contributed by atoms with Crippen molar-refractivity contribution in [3.8, 4) is 0 Å². The Labute approximate surface area is 106 Å². The first kappa shape index (κ1) is 13.0. The third-order valence-electron chi connectivity index (χ3n) is 3.35. The fourth-order valence-corrected chi connectivity index (χ4v) is 2.43. The van der Waals surface area contributed by atoms with Crippen molar-refractivity contribution in [2.24, 2.45) is 0 Å². The summed E-state index contributed by atoms with van der Waals surface area (Å²) in [5.41, 5.74) is 0.0586. The molecule has 1 fully saturated rings. The molecule has 0 aliphatic carbocycles. The first-order chi connectivity index (χ1) is 8.72. The molecule has 1 aromatic carbocycles. The Kier molecular flexibility index (Phi) is 4.28. The number of benzene rings is 1. The summed E-state index contributed by atoms with van der Waals surface area (Å²) in [6, 6.07) is 2.20. The molecule has 0 amide bonds. The normalized spacial score (nSPS) is 17.1. The van der Waals surface area contributed by atoms with Crippen molar-refractivity contribution in [2.75, 3.05) is 18.0 Å². The largest absolute Gasteiger partial charge is 0.367 e. The molecule has 0 N–H and O–H groups in total. The number of anilines is 1. The van der Waals surface area contributed by atoms with Gasteiger partial charge in [-0.05, 0) is 25.0 Å². The van der Waals surface area contributed by atoms with Crippen LogP contribution in [0.4, 0.5) is 14.5 Å². The minimum Gasteiger partial charge on any atom is -0.367 e. The van der Waals surface area contributed by atoms with Crippen LogP contribution in [0.5, 0.6) is 0 Å². The lowest BCUT2D eigenvalue weighted by Gasteiger charge is -2.27. The molecular formula is C14H17F2NO. The van der Waals surface area contributed by atoms with Crippen LogP contribution >= 0.6 is 0 Å². The van der Waals surface area contributed by atoms with E-state index >= 15 is 0 Å². The molecular weight excluding hydrogens is 236 g/mol. The van der Waals surface area contributed by atoms with Crippen LogP contribution < -0.4 is 4.90 Å². The van der Waals surface area contributed by atoms with Crippen molar-refractivity contribution in [2.45, 2.75) is 32.1 Å². The van der Waals surface area contributed by atoms with Crippen LogP contribution in [-0.4, -0.2) is 19.4 Å². The molecule has 0 spiro atoms. The third kappa shape index (κ3) is 2.86. The highest BCUT2D eigenvalue weighted by Crippen LogP contribution is 2.26. The van der Waals surface area contributed by atoms with Crippen molar-refractivity contribution in [1.29, 1.82) is 0 Å². The van der Waals surface area contributed by atoms with Crippen LogP contribution in [0.1, 0.15) is 42.5 Å². The maximum Gasteiger partial charge on any atom is 0.150 e. The van der Waals surface area contributed by atoms with Crippen molar-refractivity contribution >= 4 is 12.0 Å². The molecule has 0 radical (unpaired) electrons.